The van der Waals surface area contributed by atoms with Crippen LogP contribution in [0.3, 0.4) is 0 Å². The Morgan fingerprint density at radius 1 is 1.12 bits per heavy atom. The molecule has 1 amide bonds. The van der Waals surface area contributed by atoms with Crippen LogP contribution in [0.2, 0.25) is 0 Å². The van der Waals surface area contributed by atoms with Crippen molar-refractivity contribution in [3.8, 4) is 5.75 Å². The van der Waals surface area contributed by atoms with Crippen LogP contribution in [-0.4, -0.2) is 28.0 Å². The average molecular weight is 348 g/mol. The van der Waals surface area contributed by atoms with Crippen LogP contribution in [0, 0.1) is 6.92 Å². The van der Waals surface area contributed by atoms with E-state index in [1.165, 1.54) is 25.3 Å². The van der Waals surface area contributed by atoms with Crippen molar-refractivity contribution < 1.29 is 17.9 Å². The molecule has 0 aromatic heterocycles. The second-order valence-corrected chi connectivity index (χ2v) is 6.92. The summed E-state index contributed by atoms with van der Waals surface area (Å²) in [6.45, 7) is 3.87. The van der Waals surface area contributed by atoms with Gasteiger partial charge in [-0.1, -0.05) is 24.6 Å². The highest BCUT2D eigenvalue weighted by atomic mass is 32.2. The van der Waals surface area contributed by atoms with Gasteiger partial charge >= 0.3 is 0 Å². The molecule has 128 valence electrons. The van der Waals surface area contributed by atoms with Gasteiger partial charge in [-0.3, -0.25) is 4.79 Å². The summed E-state index contributed by atoms with van der Waals surface area (Å²) >= 11 is 0. The summed E-state index contributed by atoms with van der Waals surface area (Å²) in [7, 11) is -2.36. The van der Waals surface area contributed by atoms with Gasteiger partial charge in [0.1, 0.15) is 10.6 Å². The maximum Gasteiger partial charge on any atom is 0.255 e. The van der Waals surface area contributed by atoms with Crippen LogP contribution in [0.1, 0.15) is 22.8 Å². The highest BCUT2D eigenvalue weighted by Crippen LogP contribution is 2.25. The first-order chi connectivity index (χ1) is 11.4. The molecule has 6 nitrogen and oxygen atoms in total. The molecule has 0 radical (unpaired) electrons. The molecule has 0 saturated heterocycles. The molecule has 0 spiro atoms. The number of rotatable bonds is 6. The number of carbonyl (C=O) groups excluding carboxylic acids is 1. The van der Waals surface area contributed by atoms with Gasteiger partial charge in [0.15, 0.2) is 0 Å². The van der Waals surface area contributed by atoms with E-state index < -0.39 is 15.9 Å². The lowest BCUT2D eigenvalue weighted by Gasteiger charge is -2.12. The number of anilines is 1. The van der Waals surface area contributed by atoms with Crippen molar-refractivity contribution >= 4 is 21.6 Å². The standard InChI is InChI=1S/C17H20N2O4S/c1-4-18-24(21,22)16-11-13(7-10-15(16)23-3)17(20)19-14-8-5-12(2)6-9-14/h5-11,18H,4H2,1-3H3,(H,19,20). The number of methoxy groups -OCH3 is 1. The van der Waals surface area contributed by atoms with E-state index in [0.29, 0.717) is 5.69 Å². The molecule has 0 heterocycles. The number of ether oxygens (including phenoxy) is 1. The second-order valence-electron chi connectivity index (χ2n) is 5.19. The Kier molecular flexibility index (Phi) is 5.58. The third kappa shape index (κ3) is 4.12. The van der Waals surface area contributed by atoms with Crippen molar-refractivity contribution in [2.75, 3.05) is 19.0 Å². The van der Waals surface area contributed by atoms with Crippen LogP contribution in [0.15, 0.2) is 47.4 Å². The van der Waals surface area contributed by atoms with Crippen molar-refractivity contribution in [3.05, 3.63) is 53.6 Å². The molecule has 2 N–H and O–H groups in total. The van der Waals surface area contributed by atoms with Crippen LogP contribution in [0.25, 0.3) is 0 Å². The minimum atomic E-state index is -3.74. The SMILES string of the molecule is CCNS(=O)(=O)c1cc(C(=O)Nc2ccc(C)cc2)ccc1OC. The minimum absolute atomic E-state index is 0.0663. The number of nitrogens with one attached hydrogen (secondary N) is 2. The number of hydrogen-bond acceptors (Lipinski definition) is 4. The Balaban J connectivity index is 2.34. The highest BCUT2D eigenvalue weighted by molar-refractivity contribution is 7.89. The number of aryl methyl sites for hydroxylation is 1. The number of benzene rings is 2. The van der Waals surface area contributed by atoms with Gasteiger partial charge in [0.25, 0.3) is 5.91 Å². The van der Waals surface area contributed by atoms with E-state index in [4.69, 9.17) is 4.74 Å². The summed E-state index contributed by atoms with van der Waals surface area (Å²) in [5.74, 6) is -0.211. The molecule has 24 heavy (non-hydrogen) atoms. The Bertz CT molecular complexity index is 830. The fourth-order valence-corrected chi connectivity index (χ4v) is 3.37. The van der Waals surface area contributed by atoms with Gasteiger partial charge in [-0.25, -0.2) is 13.1 Å². The number of amides is 1. The van der Waals surface area contributed by atoms with Crippen LogP contribution >= 0.6 is 0 Å². The first-order valence-electron chi connectivity index (χ1n) is 7.43. The lowest BCUT2D eigenvalue weighted by molar-refractivity contribution is 0.102. The fraction of sp³-hybridized carbons (Fsp3) is 0.235. The van der Waals surface area contributed by atoms with Gasteiger partial charge in [-0.05, 0) is 37.3 Å². The average Bonchev–Trinajstić information content (AvgIpc) is 2.56. The Morgan fingerprint density at radius 3 is 2.38 bits per heavy atom. The minimum Gasteiger partial charge on any atom is -0.495 e. The summed E-state index contributed by atoms with van der Waals surface area (Å²) in [4.78, 5) is 12.3. The molecule has 2 aromatic rings. The van der Waals surface area contributed by atoms with E-state index in [2.05, 4.69) is 10.0 Å². The van der Waals surface area contributed by atoms with Crippen molar-refractivity contribution in [1.82, 2.24) is 4.72 Å². The summed E-state index contributed by atoms with van der Waals surface area (Å²) in [5.41, 5.74) is 1.95. The normalized spacial score (nSPS) is 11.1. The van der Waals surface area contributed by atoms with Gasteiger partial charge < -0.3 is 10.1 Å². The topological polar surface area (TPSA) is 84.5 Å². The molecule has 7 heteroatoms. The van der Waals surface area contributed by atoms with E-state index in [9.17, 15) is 13.2 Å². The molecular formula is C17H20N2O4S. The van der Waals surface area contributed by atoms with E-state index >= 15 is 0 Å². The quantitative estimate of drug-likeness (QED) is 0.840. The summed E-state index contributed by atoms with van der Waals surface area (Å²) in [6, 6.07) is 11.6. The van der Waals surface area contributed by atoms with Crippen LogP contribution < -0.4 is 14.8 Å². The zero-order valence-corrected chi connectivity index (χ0v) is 14.6. The van der Waals surface area contributed by atoms with E-state index in [1.807, 2.05) is 19.1 Å². The van der Waals surface area contributed by atoms with Gasteiger partial charge in [0.2, 0.25) is 10.0 Å². The van der Waals surface area contributed by atoms with E-state index in [-0.39, 0.29) is 22.8 Å². The molecule has 0 aliphatic rings. The van der Waals surface area contributed by atoms with Gasteiger partial charge in [0, 0.05) is 17.8 Å². The molecule has 0 unspecified atom stereocenters. The Morgan fingerprint density at radius 2 is 1.79 bits per heavy atom. The first kappa shape index (κ1) is 18.0. The molecule has 0 bridgehead atoms. The monoisotopic (exact) mass is 348 g/mol. The number of hydrogen-bond donors (Lipinski definition) is 2. The maximum atomic E-state index is 12.4. The van der Waals surface area contributed by atoms with Gasteiger partial charge in [-0.2, -0.15) is 0 Å². The molecule has 0 aliphatic heterocycles. The summed E-state index contributed by atoms with van der Waals surface area (Å²) in [5, 5.41) is 2.74. The van der Waals surface area contributed by atoms with E-state index in [0.717, 1.165) is 5.56 Å². The Hall–Kier alpha value is -2.38. The lowest BCUT2D eigenvalue weighted by Crippen LogP contribution is -2.24. The Labute approximate surface area is 141 Å². The van der Waals surface area contributed by atoms with Crippen LogP contribution in [-0.2, 0) is 10.0 Å². The number of sulfonamides is 1. The zero-order chi connectivity index (χ0) is 17.7. The number of carbonyl (C=O) groups is 1. The zero-order valence-electron chi connectivity index (χ0n) is 13.8. The molecule has 2 aromatic carbocycles. The van der Waals surface area contributed by atoms with Crippen molar-refractivity contribution in [1.29, 1.82) is 0 Å². The lowest BCUT2D eigenvalue weighted by atomic mass is 10.2. The third-order valence-electron chi connectivity index (χ3n) is 3.36. The smallest absolute Gasteiger partial charge is 0.255 e. The first-order valence-corrected chi connectivity index (χ1v) is 8.91. The second kappa shape index (κ2) is 7.46. The third-order valence-corrected chi connectivity index (χ3v) is 4.93. The van der Waals surface area contributed by atoms with Crippen molar-refractivity contribution in [3.63, 3.8) is 0 Å². The van der Waals surface area contributed by atoms with Gasteiger partial charge in [0.05, 0.1) is 7.11 Å². The van der Waals surface area contributed by atoms with Crippen LogP contribution in [0.5, 0.6) is 5.75 Å². The van der Waals surface area contributed by atoms with Crippen molar-refractivity contribution in [2.24, 2.45) is 0 Å². The molecule has 0 saturated carbocycles. The summed E-state index contributed by atoms with van der Waals surface area (Å²) < 4.78 is 32.0. The van der Waals surface area contributed by atoms with E-state index in [1.54, 1.807) is 19.1 Å². The van der Waals surface area contributed by atoms with Gasteiger partial charge in [-0.15, -0.1) is 0 Å². The van der Waals surface area contributed by atoms with Crippen LogP contribution in [0.4, 0.5) is 5.69 Å². The molecule has 2 rings (SSSR count). The predicted octanol–water partition coefficient (Wildman–Crippen LogP) is 2.55. The predicted molar refractivity (Wildman–Crippen MR) is 93.0 cm³/mol. The fourth-order valence-electron chi connectivity index (χ4n) is 2.14. The van der Waals surface area contributed by atoms with Crippen molar-refractivity contribution in [2.45, 2.75) is 18.7 Å². The largest absolute Gasteiger partial charge is 0.495 e. The maximum absolute atomic E-state index is 12.4. The molecule has 0 fully saturated rings. The summed E-state index contributed by atoms with van der Waals surface area (Å²) in [6.07, 6.45) is 0. The molecular weight excluding hydrogens is 328 g/mol. The molecule has 0 atom stereocenters. The molecule has 0 aliphatic carbocycles. The highest BCUT2D eigenvalue weighted by Gasteiger charge is 2.21.